The second-order valence-electron chi connectivity index (χ2n) is 9.22. The molecule has 3 amide bonds. The number of thioether (sulfide) groups is 1. The average molecular weight is 587 g/mol. The van der Waals surface area contributed by atoms with Crippen LogP contribution in [0.3, 0.4) is 0 Å². The van der Waals surface area contributed by atoms with Crippen molar-refractivity contribution in [2.24, 2.45) is 0 Å². The number of benzene rings is 3. The van der Waals surface area contributed by atoms with Crippen LogP contribution in [-0.4, -0.2) is 47.3 Å². The zero-order valence-electron chi connectivity index (χ0n) is 23.0. The highest BCUT2D eigenvalue weighted by Crippen LogP contribution is 2.26. The summed E-state index contributed by atoms with van der Waals surface area (Å²) >= 11 is 2.70. The standard InChI is InChI=1S/C30H30N6O3S2/c1-19(27(37)33-30-35-34-20(2)41-30)40-25-16-12-23(13-17-25)31-29(39)26(32-28(38)22-8-6-5-7-9-22)18-21-10-14-24(15-11-21)36(3)4/h5-19H,1-4H3,(H,31,39)(H,32,38)(H,33,35,37)/b26-18-. The molecule has 0 aliphatic carbocycles. The van der Waals surface area contributed by atoms with E-state index in [0.29, 0.717) is 16.4 Å². The van der Waals surface area contributed by atoms with Gasteiger partial charge in [0.1, 0.15) is 10.7 Å². The van der Waals surface area contributed by atoms with E-state index in [9.17, 15) is 14.4 Å². The van der Waals surface area contributed by atoms with E-state index in [1.165, 1.54) is 23.1 Å². The molecule has 3 N–H and O–H groups in total. The Morgan fingerprint density at radius 1 is 0.902 bits per heavy atom. The molecule has 41 heavy (non-hydrogen) atoms. The second-order valence-corrected chi connectivity index (χ2v) is 11.8. The van der Waals surface area contributed by atoms with Gasteiger partial charge in [-0.2, -0.15) is 0 Å². The van der Waals surface area contributed by atoms with Gasteiger partial charge in [-0.1, -0.05) is 41.7 Å². The van der Waals surface area contributed by atoms with Gasteiger partial charge in [0.2, 0.25) is 11.0 Å². The number of aryl methyl sites for hydroxylation is 1. The van der Waals surface area contributed by atoms with Gasteiger partial charge in [-0.05, 0) is 74.0 Å². The van der Waals surface area contributed by atoms with Crippen LogP contribution in [0.2, 0.25) is 0 Å². The lowest BCUT2D eigenvalue weighted by atomic mass is 10.1. The molecule has 0 bridgehead atoms. The monoisotopic (exact) mass is 586 g/mol. The highest BCUT2D eigenvalue weighted by Gasteiger charge is 2.18. The van der Waals surface area contributed by atoms with Crippen molar-refractivity contribution in [1.29, 1.82) is 0 Å². The Morgan fingerprint density at radius 2 is 1.59 bits per heavy atom. The SMILES string of the molecule is Cc1nnc(NC(=O)C(C)Sc2ccc(NC(=O)/C(=C/c3ccc(N(C)C)cc3)NC(=O)c3ccccc3)cc2)s1. The Labute approximate surface area is 247 Å². The highest BCUT2D eigenvalue weighted by molar-refractivity contribution is 8.00. The number of rotatable bonds is 10. The summed E-state index contributed by atoms with van der Waals surface area (Å²) in [5.41, 5.74) is 2.86. The van der Waals surface area contributed by atoms with Gasteiger partial charge in [-0.3, -0.25) is 19.7 Å². The molecule has 9 nitrogen and oxygen atoms in total. The van der Waals surface area contributed by atoms with Gasteiger partial charge in [0.05, 0.1) is 5.25 Å². The van der Waals surface area contributed by atoms with Gasteiger partial charge < -0.3 is 15.5 Å². The molecule has 0 spiro atoms. The number of aromatic nitrogens is 2. The van der Waals surface area contributed by atoms with Gasteiger partial charge >= 0.3 is 0 Å². The van der Waals surface area contributed by atoms with Crippen molar-refractivity contribution in [2.75, 3.05) is 29.6 Å². The number of anilines is 3. The summed E-state index contributed by atoms with van der Waals surface area (Å²) in [7, 11) is 3.90. The van der Waals surface area contributed by atoms with Crippen molar-refractivity contribution >= 4 is 63.4 Å². The van der Waals surface area contributed by atoms with Gasteiger partial charge in [-0.25, -0.2) is 0 Å². The summed E-state index contributed by atoms with van der Waals surface area (Å²) in [5.74, 6) is -1.03. The van der Waals surface area contributed by atoms with Gasteiger partial charge in [0.15, 0.2) is 0 Å². The zero-order chi connectivity index (χ0) is 29.4. The Bertz CT molecular complexity index is 1530. The zero-order valence-corrected chi connectivity index (χ0v) is 24.7. The molecule has 0 aliphatic heterocycles. The average Bonchev–Trinajstić information content (AvgIpc) is 3.38. The van der Waals surface area contributed by atoms with E-state index in [1.54, 1.807) is 49.4 Å². The predicted octanol–water partition coefficient (Wildman–Crippen LogP) is 5.44. The first-order valence-corrected chi connectivity index (χ1v) is 14.4. The van der Waals surface area contributed by atoms with Gasteiger partial charge in [-0.15, -0.1) is 22.0 Å². The smallest absolute Gasteiger partial charge is 0.272 e. The molecular weight excluding hydrogens is 557 g/mol. The molecule has 4 rings (SSSR count). The summed E-state index contributed by atoms with van der Waals surface area (Å²) in [4.78, 5) is 41.5. The van der Waals surface area contributed by atoms with Crippen LogP contribution in [0.5, 0.6) is 0 Å². The summed E-state index contributed by atoms with van der Waals surface area (Å²) < 4.78 is 0. The molecule has 3 aromatic carbocycles. The number of carbonyl (C=O) groups excluding carboxylic acids is 3. The van der Waals surface area contributed by atoms with Crippen LogP contribution in [-0.2, 0) is 9.59 Å². The minimum Gasteiger partial charge on any atom is -0.378 e. The van der Waals surface area contributed by atoms with Crippen LogP contribution in [0, 0.1) is 6.92 Å². The van der Waals surface area contributed by atoms with Crippen LogP contribution < -0.4 is 20.9 Å². The van der Waals surface area contributed by atoms with Crippen LogP contribution in [0.4, 0.5) is 16.5 Å². The number of nitrogens with one attached hydrogen (secondary N) is 3. The quantitative estimate of drug-likeness (QED) is 0.167. The Morgan fingerprint density at radius 3 is 2.20 bits per heavy atom. The fourth-order valence-electron chi connectivity index (χ4n) is 3.60. The van der Waals surface area contributed by atoms with E-state index >= 15 is 0 Å². The molecule has 1 atom stereocenters. The minimum atomic E-state index is -0.466. The Kier molecular flexibility index (Phi) is 9.88. The Hall–Kier alpha value is -4.48. The van der Waals surface area contributed by atoms with E-state index in [-0.39, 0.29) is 22.8 Å². The van der Waals surface area contributed by atoms with Gasteiger partial charge in [0.25, 0.3) is 11.8 Å². The number of hydrogen-bond acceptors (Lipinski definition) is 8. The molecule has 4 aromatic rings. The molecule has 11 heteroatoms. The molecule has 0 saturated carbocycles. The molecule has 0 fully saturated rings. The van der Waals surface area contributed by atoms with E-state index in [4.69, 9.17) is 0 Å². The molecule has 0 radical (unpaired) electrons. The number of hydrogen-bond donors (Lipinski definition) is 3. The van der Waals surface area contributed by atoms with Crippen molar-refractivity contribution < 1.29 is 14.4 Å². The molecule has 1 heterocycles. The lowest BCUT2D eigenvalue weighted by Gasteiger charge is -2.14. The minimum absolute atomic E-state index is 0.104. The van der Waals surface area contributed by atoms with E-state index in [2.05, 4.69) is 26.1 Å². The second kappa shape index (κ2) is 13.7. The third-order valence-electron chi connectivity index (χ3n) is 5.80. The largest absolute Gasteiger partial charge is 0.378 e. The Balaban J connectivity index is 1.45. The molecule has 1 aromatic heterocycles. The first kappa shape index (κ1) is 29.5. The number of nitrogens with zero attached hydrogens (tertiary/aromatic N) is 3. The lowest BCUT2D eigenvalue weighted by molar-refractivity contribution is -0.115. The molecule has 0 saturated heterocycles. The molecule has 0 aliphatic rings. The first-order valence-electron chi connectivity index (χ1n) is 12.7. The van der Waals surface area contributed by atoms with Crippen LogP contribution in [0.25, 0.3) is 6.08 Å². The van der Waals surface area contributed by atoms with Crippen LogP contribution in [0.1, 0.15) is 27.9 Å². The maximum atomic E-state index is 13.3. The highest BCUT2D eigenvalue weighted by atomic mass is 32.2. The molecule has 210 valence electrons. The fraction of sp³-hybridized carbons (Fsp3) is 0.167. The van der Waals surface area contributed by atoms with Crippen molar-refractivity contribution in [3.05, 3.63) is 101 Å². The van der Waals surface area contributed by atoms with Crippen molar-refractivity contribution in [2.45, 2.75) is 24.0 Å². The third kappa shape index (κ3) is 8.50. The summed E-state index contributed by atoms with van der Waals surface area (Å²) in [6.07, 6.45) is 1.64. The van der Waals surface area contributed by atoms with Crippen LogP contribution >= 0.6 is 23.1 Å². The van der Waals surface area contributed by atoms with Crippen LogP contribution in [0.15, 0.2) is 89.5 Å². The topological polar surface area (TPSA) is 116 Å². The first-order chi connectivity index (χ1) is 19.7. The predicted molar refractivity (Wildman–Crippen MR) is 166 cm³/mol. The molecular formula is C30H30N6O3S2. The van der Waals surface area contributed by atoms with Crippen molar-refractivity contribution in [3.8, 4) is 0 Å². The van der Waals surface area contributed by atoms with Crippen molar-refractivity contribution in [3.63, 3.8) is 0 Å². The van der Waals surface area contributed by atoms with Crippen molar-refractivity contribution in [1.82, 2.24) is 15.5 Å². The summed E-state index contributed by atoms with van der Waals surface area (Å²) in [5, 5.41) is 17.1. The van der Waals surface area contributed by atoms with Gasteiger partial charge in [0, 0.05) is 35.9 Å². The summed E-state index contributed by atoms with van der Waals surface area (Å²) in [6.45, 7) is 3.63. The maximum Gasteiger partial charge on any atom is 0.272 e. The third-order valence-corrected chi connectivity index (χ3v) is 7.67. The van der Waals surface area contributed by atoms with E-state index in [0.717, 1.165) is 21.2 Å². The fourth-order valence-corrected chi connectivity index (χ4v) is 5.07. The normalized spacial score (nSPS) is 11.9. The lowest BCUT2D eigenvalue weighted by Crippen LogP contribution is -2.30. The summed E-state index contributed by atoms with van der Waals surface area (Å²) in [6, 6.07) is 23.5. The van der Waals surface area contributed by atoms with E-state index in [1.807, 2.05) is 68.4 Å². The van der Waals surface area contributed by atoms with E-state index < -0.39 is 5.91 Å². The maximum absolute atomic E-state index is 13.3. The molecule has 1 unspecified atom stereocenters. The number of amides is 3. The number of carbonyl (C=O) groups is 3.